The average Bonchev–Trinajstić information content (AvgIpc) is 2.26. The molecule has 0 aromatic heterocycles. The monoisotopic (exact) mass is 239 g/mol. The first kappa shape index (κ1) is 13.8. The SMILES string of the molecule is CCCC(O)CNC(C)c1c(O)cccc1O. The highest BCUT2D eigenvalue weighted by Crippen LogP contribution is 2.31. The fourth-order valence-electron chi connectivity index (χ4n) is 1.83. The lowest BCUT2D eigenvalue weighted by Gasteiger charge is -2.19. The van der Waals surface area contributed by atoms with Gasteiger partial charge < -0.3 is 20.6 Å². The molecule has 1 aromatic carbocycles. The zero-order chi connectivity index (χ0) is 12.8. The molecule has 0 spiro atoms. The third kappa shape index (κ3) is 3.91. The first-order valence-electron chi connectivity index (χ1n) is 5.98. The molecule has 1 aromatic rings. The Bertz CT molecular complexity index is 334. The smallest absolute Gasteiger partial charge is 0.124 e. The molecule has 4 nitrogen and oxygen atoms in total. The second kappa shape index (κ2) is 6.47. The quantitative estimate of drug-likeness (QED) is 0.612. The van der Waals surface area contributed by atoms with Gasteiger partial charge in [0.25, 0.3) is 0 Å². The summed E-state index contributed by atoms with van der Waals surface area (Å²) in [6, 6.07) is 4.46. The van der Waals surface area contributed by atoms with Gasteiger partial charge in [-0.15, -0.1) is 0 Å². The second-order valence-electron chi connectivity index (χ2n) is 4.28. The standard InChI is InChI=1S/C13H21NO3/c1-3-5-10(15)8-14-9(2)13-11(16)6-4-7-12(13)17/h4,6-7,9-10,14-17H,3,5,8H2,1-2H3. The van der Waals surface area contributed by atoms with E-state index in [-0.39, 0.29) is 17.5 Å². The van der Waals surface area contributed by atoms with Crippen molar-refractivity contribution in [1.29, 1.82) is 0 Å². The third-order valence-corrected chi connectivity index (χ3v) is 2.77. The Hall–Kier alpha value is -1.26. The maximum atomic E-state index is 9.67. The van der Waals surface area contributed by atoms with E-state index in [0.717, 1.165) is 12.8 Å². The van der Waals surface area contributed by atoms with E-state index >= 15 is 0 Å². The van der Waals surface area contributed by atoms with Crippen molar-refractivity contribution in [3.63, 3.8) is 0 Å². The summed E-state index contributed by atoms with van der Waals surface area (Å²) in [5.74, 6) is 0.130. The van der Waals surface area contributed by atoms with Gasteiger partial charge in [0.05, 0.1) is 11.7 Å². The average molecular weight is 239 g/mol. The fourth-order valence-corrected chi connectivity index (χ4v) is 1.83. The van der Waals surface area contributed by atoms with Crippen molar-refractivity contribution in [2.24, 2.45) is 0 Å². The minimum absolute atomic E-state index is 0.0648. The molecule has 4 N–H and O–H groups in total. The van der Waals surface area contributed by atoms with Crippen molar-refractivity contribution < 1.29 is 15.3 Å². The van der Waals surface area contributed by atoms with E-state index in [9.17, 15) is 15.3 Å². The van der Waals surface area contributed by atoms with E-state index < -0.39 is 6.10 Å². The van der Waals surface area contributed by atoms with Crippen molar-refractivity contribution in [1.82, 2.24) is 5.32 Å². The van der Waals surface area contributed by atoms with Gasteiger partial charge in [0, 0.05) is 12.6 Å². The predicted octanol–water partition coefficient (Wildman–Crippen LogP) is 1.91. The maximum Gasteiger partial charge on any atom is 0.124 e. The number of rotatable bonds is 6. The van der Waals surface area contributed by atoms with Gasteiger partial charge in [-0.3, -0.25) is 0 Å². The topological polar surface area (TPSA) is 72.7 Å². The van der Waals surface area contributed by atoms with Crippen LogP contribution in [0.3, 0.4) is 0 Å². The van der Waals surface area contributed by atoms with Gasteiger partial charge in [-0.2, -0.15) is 0 Å². The summed E-state index contributed by atoms with van der Waals surface area (Å²) in [7, 11) is 0. The molecule has 0 aliphatic rings. The molecule has 1 rings (SSSR count). The third-order valence-electron chi connectivity index (χ3n) is 2.77. The molecule has 2 atom stereocenters. The molecular formula is C13H21NO3. The molecule has 0 bridgehead atoms. The summed E-state index contributed by atoms with van der Waals surface area (Å²) in [6.45, 7) is 4.30. The molecule has 0 aliphatic carbocycles. The van der Waals surface area contributed by atoms with Gasteiger partial charge in [0.2, 0.25) is 0 Å². The lowest BCUT2D eigenvalue weighted by atomic mass is 10.1. The first-order valence-corrected chi connectivity index (χ1v) is 5.98. The molecule has 0 amide bonds. The Labute approximate surface area is 102 Å². The highest BCUT2D eigenvalue weighted by molar-refractivity contribution is 5.44. The predicted molar refractivity (Wildman–Crippen MR) is 67.1 cm³/mol. The van der Waals surface area contributed by atoms with Gasteiger partial charge in [0.1, 0.15) is 11.5 Å². The summed E-state index contributed by atoms with van der Waals surface area (Å²) < 4.78 is 0. The second-order valence-corrected chi connectivity index (χ2v) is 4.28. The maximum absolute atomic E-state index is 9.67. The number of aromatic hydroxyl groups is 2. The van der Waals surface area contributed by atoms with E-state index in [1.807, 2.05) is 13.8 Å². The van der Waals surface area contributed by atoms with E-state index in [1.165, 1.54) is 12.1 Å². The molecule has 0 fully saturated rings. The number of aliphatic hydroxyl groups excluding tert-OH is 1. The number of hydrogen-bond acceptors (Lipinski definition) is 4. The molecule has 4 heteroatoms. The van der Waals surface area contributed by atoms with Crippen LogP contribution in [0.1, 0.15) is 38.3 Å². The van der Waals surface area contributed by atoms with Gasteiger partial charge >= 0.3 is 0 Å². The molecule has 0 aliphatic heterocycles. The molecule has 2 unspecified atom stereocenters. The Morgan fingerprint density at radius 3 is 2.35 bits per heavy atom. The molecular weight excluding hydrogens is 218 g/mol. The van der Waals surface area contributed by atoms with Crippen LogP contribution < -0.4 is 5.32 Å². The molecule has 17 heavy (non-hydrogen) atoms. The highest BCUT2D eigenvalue weighted by Gasteiger charge is 2.15. The van der Waals surface area contributed by atoms with Gasteiger partial charge in [-0.1, -0.05) is 19.4 Å². The van der Waals surface area contributed by atoms with Gasteiger partial charge in [-0.25, -0.2) is 0 Å². The summed E-state index contributed by atoms with van der Waals surface area (Å²) in [4.78, 5) is 0. The minimum Gasteiger partial charge on any atom is -0.507 e. The summed E-state index contributed by atoms with van der Waals surface area (Å²) >= 11 is 0. The molecule has 0 saturated heterocycles. The van der Waals surface area contributed by atoms with Crippen LogP contribution in [0.2, 0.25) is 0 Å². The Balaban J connectivity index is 2.61. The van der Waals surface area contributed by atoms with Crippen LogP contribution >= 0.6 is 0 Å². The van der Waals surface area contributed by atoms with Crippen molar-refractivity contribution in [3.8, 4) is 11.5 Å². The number of aliphatic hydroxyl groups is 1. The lowest BCUT2D eigenvalue weighted by Crippen LogP contribution is -2.29. The number of nitrogens with one attached hydrogen (secondary N) is 1. The van der Waals surface area contributed by atoms with Crippen molar-refractivity contribution in [2.45, 2.75) is 38.8 Å². The van der Waals surface area contributed by atoms with Crippen molar-refractivity contribution in [3.05, 3.63) is 23.8 Å². The first-order chi connectivity index (χ1) is 8.06. The Morgan fingerprint density at radius 1 is 1.24 bits per heavy atom. The van der Waals surface area contributed by atoms with Gasteiger partial charge in [-0.05, 0) is 25.5 Å². The number of phenols is 2. The van der Waals surface area contributed by atoms with E-state index in [4.69, 9.17) is 0 Å². The largest absolute Gasteiger partial charge is 0.507 e. The van der Waals surface area contributed by atoms with Crippen LogP contribution in [0.5, 0.6) is 11.5 Å². The van der Waals surface area contributed by atoms with Crippen LogP contribution in [0.25, 0.3) is 0 Å². The number of phenolic OH excluding ortho intramolecular Hbond substituents is 2. The summed E-state index contributed by atoms with van der Waals surface area (Å²) in [5, 5.41) is 32.0. The van der Waals surface area contributed by atoms with Crippen LogP contribution in [0.4, 0.5) is 0 Å². The zero-order valence-corrected chi connectivity index (χ0v) is 10.3. The van der Waals surface area contributed by atoms with Crippen LogP contribution in [-0.4, -0.2) is 28.0 Å². The molecule has 0 saturated carbocycles. The van der Waals surface area contributed by atoms with Crippen LogP contribution in [0.15, 0.2) is 18.2 Å². The van der Waals surface area contributed by atoms with Crippen LogP contribution in [-0.2, 0) is 0 Å². The van der Waals surface area contributed by atoms with E-state index in [2.05, 4.69) is 5.32 Å². The normalized spacial score (nSPS) is 14.5. The highest BCUT2D eigenvalue weighted by atomic mass is 16.3. The number of benzene rings is 1. The Morgan fingerprint density at radius 2 is 1.82 bits per heavy atom. The minimum atomic E-state index is -0.393. The lowest BCUT2D eigenvalue weighted by molar-refractivity contribution is 0.157. The molecule has 0 heterocycles. The summed E-state index contributed by atoms with van der Waals surface area (Å²) in [6.07, 6.45) is 1.28. The Kier molecular flexibility index (Phi) is 5.25. The molecule has 96 valence electrons. The fraction of sp³-hybridized carbons (Fsp3) is 0.538. The van der Waals surface area contributed by atoms with Crippen molar-refractivity contribution >= 4 is 0 Å². The number of hydrogen-bond donors (Lipinski definition) is 4. The van der Waals surface area contributed by atoms with E-state index in [0.29, 0.717) is 12.1 Å². The van der Waals surface area contributed by atoms with Gasteiger partial charge in [0.15, 0.2) is 0 Å². The summed E-state index contributed by atoms with van der Waals surface area (Å²) in [5.41, 5.74) is 0.469. The zero-order valence-electron chi connectivity index (χ0n) is 10.3. The van der Waals surface area contributed by atoms with Crippen molar-refractivity contribution in [2.75, 3.05) is 6.54 Å². The van der Waals surface area contributed by atoms with Crippen LogP contribution in [0, 0.1) is 0 Å². The van der Waals surface area contributed by atoms with E-state index in [1.54, 1.807) is 6.07 Å². The molecule has 0 radical (unpaired) electrons.